The quantitative estimate of drug-likeness (QED) is 0.739. The molecule has 0 N–H and O–H groups in total. The molecule has 5 heteroatoms. The molecule has 0 fully saturated rings. The number of amides is 1. The fourth-order valence-electron chi connectivity index (χ4n) is 1.71. The van der Waals surface area contributed by atoms with Gasteiger partial charge < -0.3 is 4.90 Å². The Hall–Kier alpha value is -0.840. The van der Waals surface area contributed by atoms with Gasteiger partial charge in [-0.1, -0.05) is 30.3 Å². The molecule has 1 atom stereocenters. The van der Waals surface area contributed by atoms with E-state index in [1.807, 2.05) is 41.8 Å². The Kier molecular flexibility index (Phi) is 5.02. The van der Waals surface area contributed by atoms with E-state index in [0.717, 1.165) is 14.9 Å². The summed E-state index contributed by atoms with van der Waals surface area (Å²) in [4.78, 5) is 15.0. The molecule has 2 nitrogen and oxygen atoms in total. The van der Waals surface area contributed by atoms with Crippen LogP contribution in [0.4, 0.5) is 0 Å². The molecule has 2 rings (SSSR count). The van der Waals surface area contributed by atoms with E-state index in [-0.39, 0.29) is 5.91 Å². The lowest BCUT2D eigenvalue weighted by Gasteiger charge is -2.19. The second-order valence-corrected chi connectivity index (χ2v) is 6.55. The van der Waals surface area contributed by atoms with Crippen LogP contribution in [0.5, 0.6) is 0 Å². The van der Waals surface area contributed by atoms with Gasteiger partial charge in [-0.3, -0.25) is 4.79 Å². The molecule has 0 saturated carbocycles. The topological polar surface area (TPSA) is 20.3 Å². The predicted molar refractivity (Wildman–Crippen MR) is 83.5 cm³/mol. The minimum atomic E-state index is -0.630. The van der Waals surface area contributed by atoms with E-state index in [4.69, 9.17) is 11.6 Å². The van der Waals surface area contributed by atoms with Crippen LogP contribution in [0.1, 0.15) is 15.8 Å². The number of hydrogen-bond donors (Lipinski definition) is 0. The maximum atomic E-state index is 12.2. The molecule has 1 heterocycles. The van der Waals surface area contributed by atoms with Crippen molar-refractivity contribution in [3.63, 3.8) is 0 Å². The summed E-state index contributed by atoms with van der Waals surface area (Å²) in [7, 11) is 1.77. The Balaban J connectivity index is 2.03. The number of carbonyl (C=O) groups excluding carboxylic acids is 1. The molecule has 0 aliphatic carbocycles. The number of halogens is 2. The molecule has 1 aromatic carbocycles. The standard InChI is InChI=1S/C14H13BrClNOS/c1-17(8-12-7-11(15)9-19-12)14(18)13(16)10-5-3-2-4-6-10/h2-7,9,13H,8H2,1H3. The van der Waals surface area contributed by atoms with Crippen LogP contribution in [-0.4, -0.2) is 17.9 Å². The van der Waals surface area contributed by atoms with Crippen LogP contribution in [0.3, 0.4) is 0 Å². The first-order valence-corrected chi connectivity index (χ1v) is 7.85. The number of likely N-dealkylation sites (N-methyl/N-ethyl adjacent to an activating group) is 1. The van der Waals surface area contributed by atoms with Crippen molar-refractivity contribution >= 4 is 44.8 Å². The highest BCUT2D eigenvalue weighted by Crippen LogP contribution is 2.25. The van der Waals surface area contributed by atoms with Gasteiger partial charge in [-0.2, -0.15) is 0 Å². The zero-order valence-electron chi connectivity index (χ0n) is 10.3. The van der Waals surface area contributed by atoms with Gasteiger partial charge in [0.05, 0.1) is 6.54 Å². The molecule has 0 aliphatic rings. The summed E-state index contributed by atoms with van der Waals surface area (Å²) in [5.41, 5.74) is 0.827. The minimum Gasteiger partial charge on any atom is -0.339 e. The number of carbonyl (C=O) groups is 1. The van der Waals surface area contributed by atoms with Crippen LogP contribution in [-0.2, 0) is 11.3 Å². The Morgan fingerprint density at radius 1 is 1.42 bits per heavy atom. The highest BCUT2D eigenvalue weighted by Gasteiger charge is 2.21. The Morgan fingerprint density at radius 3 is 2.68 bits per heavy atom. The Morgan fingerprint density at radius 2 is 2.11 bits per heavy atom. The lowest BCUT2D eigenvalue weighted by Crippen LogP contribution is -2.29. The molecule has 19 heavy (non-hydrogen) atoms. The third kappa shape index (κ3) is 3.81. The largest absolute Gasteiger partial charge is 0.339 e. The normalized spacial score (nSPS) is 12.2. The smallest absolute Gasteiger partial charge is 0.245 e. The van der Waals surface area contributed by atoms with Crippen molar-refractivity contribution in [2.24, 2.45) is 0 Å². The van der Waals surface area contributed by atoms with Crippen LogP contribution in [0.15, 0.2) is 46.3 Å². The first-order chi connectivity index (χ1) is 9.08. The van der Waals surface area contributed by atoms with E-state index in [9.17, 15) is 4.79 Å². The van der Waals surface area contributed by atoms with Gasteiger partial charge in [0.1, 0.15) is 5.38 Å². The SMILES string of the molecule is CN(Cc1cc(Br)cs1)C(=O)C(Cl)c1ccccc1. The molecule has 2 aromatic rings. The summed E-state index contributed by atoms with van der Waals surface area (Å²) in [5, 5.41) is 1.37. The summed E-state index contributed by atoms with van der Waals surface area (Å²) in [5.74, 6) is -0.0858. The van der Waals surface area contributed by atoms with Crippen molar-refractivity contribution < 1.29 is 4.79 Å². The van der Waals surface area contributed by atoms with Crippen molar-refractivity contribution in [1.82, 2.24) is 4.90 Å². The number of alkyl halides is 1. The monoisotopic (exact) mass is 357 g/mol. The number of rotatable bonds is 4. The maximum Gasteiger partial charge on any atom is 0.245 e. The first-order valence-electron chi connectivity index (χ1n) is 5.75. The Bertz CT molecular complexity index is 558. The van der Waals surface area contributed by atoms with Crippen LogP contribution in [0, 0.1) is 0 Å². The highest BCUT2D eigenvalue weighted by molar-refractivity contribution is 9.10. The second-order valence-electron chi connectivity index (χ2n) is 4.20. The van der Waals surface area contributed by atoms with Gasteiger partial charge in [-0.15, -0.1) is 22.9 Å². The second kappa shape index (κ2) is 6.55. The van der Waals surface area contributed by atoms with E-state index in [0.29, 0.717) is 6.54 Å². The van der Waals surface area contributed by atoms with Gasteiger partial charge in [0.2, 0.25) is 5.91 Å². The summed E-state index contributed by atoms with van der Waals surface area (Å²) < 4.78 is 1.04. The van der Waals surface area contributed by atoms with E-state index >= 15 is 0 Å². The van der Waals surface area contributed by atoms with E-state index < -0.39 is 5.38 Å². The van der Waals surface area contributed by atoms with Crippen molar-refractivity contribution in [3.8, 4) is 0 Å². The number of nitrogens with zero attached hydrogens (tertiary/aromatic N) is 1. The molecule has 0 spiro atoms. The summed E-state index contributed by atoms with van der Waals surface area (Å²) in [6.45, 7) is 0.575. The van der Waals surface area contributed by atoms with Crippen LogP contribution in [0.2, 0.25) is 0 Å². The van der Waals surface area contributed by atoms with Gasteiger partial charge in [0.25, 0.3) is 0 Å². The van der Waals surface area contributed by atoms with Gasteiger partial charge in [0, 0.05) is 21.8 Å². The Labute approximate surface area is 130 Å². The van der Waals surface area contributed by atoms with Crippen LogP contribution < -0.4 is 0 Å². The van der Waals surface area contributed by atoms with E-state index in [2.05, 4.69) is 15.9 Å². The maximum absolute atomic E-state index is 12.2. The summed E-state index contributed by atoms with van der Waals surface area (Å²) >= 11 is 11.3. The molecule has 1 unspecified atom stereocenters. The molecule has 0 saturated heterocycles. The molecule has 1 amide bonds. The number of benzene rings is 1. The molecule has 0 radical (unpaired) electrons. The zero-order valence-corrected chi connectivity index (χ0v) is 13.5. The fraction of sp³-hybridized carbons (Fsp3) is 0.214. The average molecular weight is 359 g/mol. The molecule has 100 valence electrons. The number of thiophene rings is 1. The summed E-state index contributed by atoms with van der Waals surface area (Å²) in [6, 6.07) is 11.4. The van der Waals surface area contributed by atoms with Gasteiger partial charge in [0.15, 0.2) is 0 Å². The fourth-order valence-corrected chi connectivity index (χ4v) is 3.52. The lowest BCUT2D eigenvalue weighted by molar-refractivity contribution is -0.130. The van der Waals surface area contributed by atoms with Gasteiger partial charge in [-0.25, -0.2) is 0 Å². The zero-order chi connectivity index (χ0) is 13.8. The molecule has 0 bridgehead atoms. The molecule has 0 aliphatic heterocycles. The van der Waals surface area contributed by atoms with E-state index in [1.165, 1.54) is 0 Å². The van der Waals surface area contributed by atoms with Crippen molar-refractivity contribution in [2.45, 2.75) is 11.9 Å². The third-order valence-corrected chi connectivity index (χ3v) is 4.82. The summed E-state index contributed by atoms with van der Waals surface area (Å²) in [6.07, 6.45) is 0. The molecular formula is C14H13BrClNOS. The van der Waals surface area contributed by atoms with Crippen molar-refractivity contribution in [1.29, 1.82) is 0 Å². The van der Waals surface area contributed by atoms with Crippen molar-refractivity contribution in [2.75, 3.05) is 7.05 Å². The molecular weight excluding hydrogens is 346 g/mol. The third-order valence-electron chi connectivity index (χ3n) is 2.70. The van der Waals surface area contributed by atoms with Crippen LogP contribution in [0.25, 0.3) is 0 Å². The van der Waals surface area contributed by atoms with Crippen molar-refractivity contribution in [3.05, 3.63) is 56.7 Å². The van der Waals surface area contributed by atoms with Gasteiger partial charge >= 0.3 is 0 Å². The van der Waals surface area contributed by atoms with E-state index in [1.54, 1.807) is 23.3 Å². The van der Waals surface area contributed by atoms with Gasteiger partial charge in [-0.05, 0) is 27.6 Å². The predicted octanol–water partition coefficient (Wildman–Crippen LogP) is 4.45. The number of hydrogen-bond acceptors (Lipinski definition) is 2. The van der Waals surface area contributed by atoms with Crippen LogP contribution >= 0.6 is 38.9 Å². The lowest BCUT2D eigenvalue weighted by atomic mass is 10.1. The molecule has 1 aromatic heterocycles. The first kappa shape index (κ1) is 14.6. The minimum absolute atomic E-state index is 0.0858. The average Bonchev–Trinajstić information content (AvgIpc) is 2.83. The highest BCUT2D eigenvalue weighted by atomic mass is 79.9.